The maximum Gasteiger partial charge on any atom is 0.434 e. The van der Waals surface area contributed by atoms with Gasteiger partial charge in [-0.3, -0.25) is 4.99 Å². The molecule has 0 saturated heterocycles. The van der Waals surface area contributed by atoms with Crippen LogP contribution < -0.4 is 10.6 Å². The number of unbranched alkanes of at least 4 members (excludes halogenated alkanes) is 3. The zero-order chi connectivity index (χ0) is 16.4. The summed E-state index contributed by atoms with van der Waals surface area (Å²) in [7, 11) is 1.67. The second-order valence-electron chi connectivity index (χ2n) is 4.86. The smallest absolute Gasteiger partial charge is 0.356 e. The fraction of sp³-hybridized carbons (Fsp3) is 0.714. The van der Waals surface area contributed by atoms with Crippen molar-refractivity contribution < 1.29 is 13.2 Å². The van der Waals surface area contributed by atoms with E-state index in [-0.39, 0.29) is 24.0 Å². The molecule has 4 nitrogen and oxygen atoms in total. The number of aliphatic imine (C=N–C) groups is 1. The predicted molar refractivity (Wildman–Crippen MR) is 99.7 cm³/mol. The molecule has 0 saturated carbocycles. The van der Waals surface area contributed by atoms with E-state index in [2.05, 4.69) is 27.5 Å². The molecular weight excluding hydrogens is 440 g/mol. The molecule has 134 valence electrons. The number of alkyl halides is 3. The van der Waals surface area contributed by atoms with Gasteiger partial charge >= 0.3 is 6.18 Å². The Kier molecular flexibility index (Phi) is 11.6. The first kappa shape index (κ1) is 22.4. The summed E-state index contributed by atoms with van der Waals surface area (Å²) >= 11 is 1.03. The second kappa shape index (κ2) is 11.9. The van der Waals surface area contributed by atoms with Gasteiger partial charge in [0.05, 0.1) is 5.01 Å². The molecule has 0 aliphatic heterocycles. The minimum absolute atomic E-state index is 0. The Bertz CT molecular complexity index is 463. The lowest BCUT2D eigenvalue weighted by molar-refractivity contribution is -0.140. The number of rotatable bonds is 8. The van der Waals surface area contributed by atoms with Gasteiger partial charge in [-0.15, -0.1) is 35.3 Å². The topological polar surface area (TPSA) is 49.3 Å². The van der Waals surface area contributed by atoms with Crippen molar-refractivity contribution in [1.29, 1.82) is 0 Å². The van der Waals surface area contributed by atoms with E-state index in [1.807, 2.05) is 0 Å². The van der Waals surface area contributed by atoms with Gasteiger partial charge in [-0.25, -0.2) is 4.98 Å². The van der Waals surface area contributed by atoms with Gasteiger partial charge in [-0.1, -0.05) is 26.2 Å². The summed E-state index contributed by atoms with van der Waals surface area (Å²) in [6.07, 6.45) is 0.755. The van der Waals surface area contributed by atoms with E-state index in [0.717, 1.165) is 29.7 Å². The Balaban J connectivity index is 0.00000484. The summed E-state index contributed by atoms with van der Waals surface area (Å²) in [5.74, 6) is 0.670. The van der Waals surface area contributed by atoms with Crippen molar-refractivity contribution >= 4 is 41.3 Å². The molecule has 0 aromatic carbocycles. The minimum atomic E-state index is -4.36. The molecule has 0 bridgehead atoms. The van der Waals surface area contributed by atoms with Gasteiger partial charge in [-0.2, -0.15) is 13.2 Å². The average molecular weight is 464 g/mol. The maximum absolute atomic E-state index is 12.4. The molecule has 0 aliphatic rings. The van der Waals surface area contributed by atoms with Crippen LogP contribution in [0.2, 0.25) is 0 Å². The van der Waals surface area contributed by atoms with Gasteiger partial charge < -0.3 is 10.6 Å². The fourth-order valence-electron chi connectivity index (χ4n) is 1.82. The Morgan fingerprint density at radius 1 is 1.22 bits per heavy atom. The highest BCUT2D eigenvalue weighted by Gasteiger charge is 2.33. The van der Waals surface area contributed by atoms with E-state index in [1.54, 1.807) is 7.05 Å². The molecule has 1 rings (SSSR count). The van der Waals surface area contributed by atoms with Crippen molar-refractivity contribution in [3.8, 4) is 0 Å². The van der Waals surface area contributed by atoms with Gasteiger partial charge in [0.25, 0.3) is 0 Å². The first-order valence-corrected chi connectivity index (χ1v) is 8.31. The first-order chi connectivity index (χ1) is 10.5. The van der Waals surface area contributed by atoms with Crippen LogP contribution in [-0.2, 0) is 12.6 Å². The van der Waals surface area contributed by atoms with Crippen LogP contribution in [0.15, 0.2) is 10.4 Å². The lowest BCUT2D eigenvalue weighted by atomic mass is 10.2. The number of halogens is 4. The van der Waals surface area contributed by atoms with E-state index in [0.29, 0.717) is 23.9 Å². The Morgan fingerprint density at radius 2 is 1.91 bits per heavy atom. The quantitative estimate of drug-likeness (QED) is 0.264. The summed E-state index contributed by atoms with van der Waals surface area (Å²) < 4.78 is 37.3. The number of thiazole rings is 1. The van der Waals surface area contributed by atoms with Gasteiger partial charge in [-0.05, 0) is 6.42 Å². The van der Waals surface area contributed by atoms with Crippen LogP contribution in [0.5, 0.6) is 0 Å². The minimum Gasteiger partial charge on any atom is -0.356 e. The normalized spacial score (nSPS) is 12.0. The number of nitrogens with zero attached hydrogens (tertiary/aromatic N) is 2. The Labute approximate surface area is 156 Å². The van der Waals surface area contributed by atoms with Crippen LogP contribution >= 0.6 is 35.3 Å². The van der Waals surface area contributed by atoms with Crippen LogP contribution in [0.25, 0.3) is 0 Å². The molecule has 0 unspecified atom stereocenters. The van der Waals surface area contributed by atoms with Crippen molar-refractivity contribution in [2.45, 2.75) is 45.2 Å². The molecule has 0 aliphatic carbocycles. The van der Waals surface area contributed by atoms with Crippen LogP contribution in [0.1, 0.15) is 43.3 Å². The SMILES string of the molecule is CCCCCCNC(=NC)NCCc1nc(C(F)(F)F)cs1.I. The molecular formula is C14H24F3IN4S. The van der Waals surface area contributed by atoms with Crippen molar-refractivity contribution in [2.24, 2.45) is 4.99 Å². The lowest BCUT2D eigenvalue weighted by Gasteiger charge is -2.11. The highest BCUT2D eigenvalue weighted by Crippen LogP contribution is 2.29. The zero-order valence-electron chi connectivity index (χ0n) is 13.4. The van der Waals surface area contributed by atoms with Crippen LogP contribution in [-0.4, -0.2) is 31.1 Å². The highest BCUT2D eigenvalue weighted by atomic mass is 127. The molecule has 0 radical (unpaired) electrons. The maximum atomic E-state index is 12.4. The van der Waals surface area contributed by atoms with Gasteiger partial charge in [0, 0.05) is 31.9 Å². The third kappa shape index (κ3) is 9.33. The Morgan fingerprint density at radius 3 is 2.48 bits per heavy atom. The predicted octanol–water partition coefficient (Wildman–Crippen LogP) is 4.07. The number of hydrogen-bond donors (Lipinski definition) is 2. The largest absolute Gasteiger partial charge is 0.434 e. The molecule has 0 atom stereocenters. The molecule has 0 amide bonds. The van der Waals surface area contributed by atoms with Crippen LogP contribution in [0.3, 0.4) is 0 Å². The van der Waals surface area contributed by atoms with Crippen molar-refractivity contribution in [1.82, 2.24) is 15.6 Å². The Hall–Kier alpha value is -0.580. The molecule has 0 spiro atoms. The molecule has 0 fully saturated rings. The lowest BCUT2D eigenvalue weighted by Crippen LogP contribution is -2.38. The van der Waals surface area contributed by atoms with E-state index in [1.165, 1.54) is 19.3 Å². The number of aromatic nitrogens is 1. The monoisotopic (exact) mass is 464 g/mol. The number of guanidine groups is 1. The van der Waals surface area contributed by atoms with Crippen LogP contribution in [0.4, 0.5) is 13.2 Å². The molecule has 9 heteroatoms. The third-order valence-corrected chi connectivity index (χ3v) is 3.93. The molecule has 1 aromatic heterocycles. The van der Waals surface area contributed by atoms with Crippen molar-refractivity contribution in [2.75, 3.05) is 20.1 Å². The third-order valence-electron chi connectivity index (χ3n) is 3.02. The summed E-state index contributed by atoms with van der Waals surface area (Å²) in [5.41, 5.74) is -0.814. The van der Waals surface area contributed by atoms with E-state index in [9.17, 15) is 13.2 Å². The standard InChI is InChI=1S/C14H23F3N4S.HI/c1-3-4-5-6-8-19-13(18-2)20-9-7-12-21-11(10-22-12)14(15,16)17;/h10H,3-9H2,1-2H3,(H2,18,19,20);1H. The van der Waals surface area contributed by atoms with Crippen molar-refractivity contribution in [3.05, 3.63) is 16.1 Å². The summed E-state index contributed by atoms with van der Waals surface area (Å²) in [4.78, 5) is 7.67. The molecule has 1 heterocycles. The van der Waals surface area contributed by atoms with Crippen LogP contribution in [0, 0.1) is 0 Å². The van der Waals surface area contributed by atoms with Gasteiger partial charge in [0.1, 0.15) is 0 Å². The number of nitrogens with one attached hydrogen (secondary N) is 2. The van der Waals surface area contributed by atoms with Gasteiger partial charge in [0.15, 0.2) is 11.7 Å². The van der Waals surface area contributed by atoms with Gasteiger partial charge in [0.2, 0.25) is 0 Å². The van der Waals surface area contributed by atoms with E-state index in [4.69, 9.17) is 0 Å². The first-order valence-electron chi connectivity index (χ1n) is 7.43. The summed E-state index contributed by atoms with van der Waals surface area (Å²) in [5, 5.41) is 7.79. The fourth-order valence-corrected chi connectivity index (χ4v) is 2.63. The molecule has 1 aromatic rings. The summed E-state index contributed by atoms with van der Waals surface area (Å²) in [6.45, 7) is 3.51. The second-order valence-corrected chi connectivity index (χ2v) is 5.80. The number of hydrogen-bond acceptors (Lipinski definition) is 3. The molecule has 2 N–H and O–H groups in total. The zero-order valence-corrected chi connectivity index (χ0v) is 16.5. The van der Waals surface area contributed by atoms with E-state index >= 15 is 0 Å². The highest BCUT2D eigenvalue weighted by molar-refractivity contribution is 14.0. The summed E-state index contributed by atoms with van der Waals surface area (Å²) in [6, 6.07) is 0. The molecule has 23 heavy (non-hydrogen) atoms. The van der Waals surface area contributed by atoms with Crippen molar-refractivity contribution in [3.63, 3.8) is 0 Å². The van der Waals surface area contributed by atoms with E-state index < -0.39 is 11.9 Å². The average Bonchev–Trinajstić information content (AvgIpc) is 2.94.